The second-order valence-corrected chi connectivity index (χ2v) is 13.3. The third kappa shape index (κ3) is 12.8. The summed E-state index contributed by atoms with van der Waals surface area (Å²) in [6, 6.07) is 0. The topological polar surface area (TPSA) is 0 Å². The maximum absolute atomic E-state index is 2.35. The summed E-state index contributed by atoms with van der Waals surface area (Å²) in [5.74, 6) is 0. The SMILES string of the molecule is CCCC[CH2][Sn+]([CH2]CCC)[CH2]CCCC.[F-]. The quantitative estimate of drug-likeness (QED) is 0.402. The Hall–Kier alpha value is 0.729. The number of unbranched alkanes of at least 4 members (excludes halogenated alkanes) is 5. The summed E-state index contributed by atoms with van der Waals surface area (Å²) in [4.78, 5) is 0. The minimum atomic E-state index is -0.880. The molecular weight excluding hydrogens is 306 g/mol. The van der Waals surface area contributed by atoms with Crippen LogP contribution in [0.3, 0.4) is 0 Å². The third-order valence-electron chi connectivity index (χ3n) is 3.15. The molecule has 0 nitrogen and oxygen atoms in total. The van der Waals surface area contributed by atoms with Crippen LogP contribution in [-0.2, 0) is 0 Å². The molecule has 0 heterocycles. The molecule has 0 amide bonds. The maximum Gasteiger partial charge on any atom is -1.00 e. The van der Waals surface area contributed by atoms with Crippen LogP contribution >= 0.6 is 0 Å². The van der Waals surface area contributed by atoms with Crippen molar-refractivity contribution >= 4 is 19.8 Å². The molecular formula is C14H31FSn. The Morgan fingerprint density at radius 3 is 1.31 bits per heavy atom. The molecule has 0 unspecified atom stereocenters. The molecule has 98 valence electrons. The van der Waals surface area contributed by atoms with Gasteiger partial charge in [0.15, 0.2) is 0 Å². The molecule has 0 atom stereocenters. The van der Waals surface area contributed by atoms with Gasteiger partial charge in [0.1, 0.15) is 0 Å². The Morgan fingerprint density at radius 2 is 0.938 bits per heavy atom. The van der Waals surface area contributed by atoms with Gasteiger partial charge in [-0.2, -0.15) is 0 Å². The standard InChI is InChI=1S/2C5H11.C4H9.FH.Sn/c2*1-3-5-4-2;1-3-4-2;;/h2*1,3-5H2,2H3;1,3-4H2,2H3;1H;/q;;;;+1/p-1. The van der Waals surface area contributed by atoms with Crippen molar-refractivity contribution in [3.05, 3.63) is 0 Å². The monoisotopic (exact) mass is 338 g/mol. The minimum Gasteiger partial charge on any atom is -1.00 e. The Kier molecular flexibility index (Phi) is 18.8. The second kappa shape index (κ2) is 15.7. The van der Waals surface area contributed by atoms with Gasteiger partial charge >= 0.3 is 105 Å². The normalized spacial score (nSPS) is 9.94. The molecule has 0 aromatic carbocycles. The molecule has 16 heavy (non-hydrogen) atoms. The molecule has 0 aromatic rings. The van der Waals surface area contributed by atoms with E-state index in [4.69, 9.17) is 0 Å². The van der Waals surface area contributed by atoms with E-state index >= 15 is 0 Å². The summed E-state index contributed by atoms with van der Waals surface area (Å²) in [5.41, 5.74) is 0. The summed E-state index contributed by atoms with van der Waals surface area (Å²) in [7, 11) is 0. The van der Waals surface area contributed by atoms with E-state index < -0.39 is 19.8 Å². The van der Waals surface area contributed by atoms with Gasteiger partial charge < -0.3 is 4.70 Å². The Morgan fingerprint density at radius 1 is 0.562 bits per heavy atom. The molecule has 0 rings (SSSR count). The molecule has 0 fully saturated rings. The minimum absolute atomic E-state index is 0. The summed E-state index contributed by atoms with van der Waals surface area (Å²) < 4.78 is 5.08. The van der Waals surface area contributed by atoms with Gasteiger partial charge in [-0.3, -0.25) is 0 Å². The number of hydrogen-bond acceptors (Lipinski definition) is 0. The van der Waals surface area contributed by atoms with E-state index in [9.17, 15) is 0 Å². The number of halogens is 1. The fraction of sp³-hybridized carbons (Fsp3) is 1.00. The van der Waals surface area contributed by atoms with E-state index in [0.717, 1.165) is 0 Å². The molecule has 0 bridgehead atoms. The molecule has 0 saturated carbocycles. The molecule has 0 aliphatic rings. The van der Waals surface area contributed by atoms with Crippen LogP contribution in [0, 0.1) is 0 Å². The van der Waals surface area contributed by atoms with Gasteiger partial charge in [-0.25, -0.2) is 0 Å². The van der Waals surface area contributed by atoms with Gasteiger partial charge in [-0.05, 0) is 0 Å². The number of hydrogen-bond donors (Lipinski definition) is 0. The smallest absolute Gasteiger partial charge is 1.00 e. The molecule has 0 saturated heterocycles. The van der Waals surface area contributed by atoms with Crippen molar-refractivity contribution in [3.63, 3.8) is 0 Å². The van der Waals surface area contributed by atoms with Crippen LogP contribution in [0.5, 0.6) is 0 Å². The number of rotatable bonds is 11. The van der Waals surface area contributed by atoms with Crippen molar-refractivity contribution in [1.29, 1.82) is 0 Å². The van der Waals surface area contributed by atoms with Crippen LogP contribution in [0.25, 0.3) is 0 Å². The first-order valence-corrected chi connectivity index (χ1v) is 13.2. The van der Waals surface area contributed by atoms with E-state index in [1.807, 2.05) is 0 Å². The van der Waals surface area contributed by atoms with E-state index in [2.05, 4.69) is 20.8 Å². The molecule has 0 aliphatic carbocycles. The summed E-state index contributed by atoms with van der Waals surface area (Å²) >= 11 is -0.880. The maximum atomic E-state index is 2.35. The zero-order valence-corrected chi connectivity index (χ0v) is 14.5. The third-order valence-corrected chi connectivity index (χ3v) is 12.2. The predicted molar refractivity (Wildman–Crippen MR) is 74.1 cm³/mol. The van der Waals surface area contributed by atoms with Crippen LogP contribution < -0.4 is 4.70 Å². The van der Waals surface area contributed by atoms with Crippen LogP contribution in [0.2, 0.25) is 13.3 Å². The van der Waals surface area contributed by atoms with Crippen molar-refractivity contribution in [2.75, 3.05) is 0 Å². The van der Waals surface area contributed by atoms with Crippen LogP contribution in [0.4, 0.5) is 0 Å². The first kappa shape index (κ1) is 19.1. The van der Waals surface area contributed by atoms with Gasteiger partial charge in [0.2, 0.25) is 0 Å². The van der Waals surface area contributed by atoms with Gasteiger partial charge in [0, 0.05) is 0 Å². The average Bonchev–Trinajstić information content (AvgIpc) is 2.25. The van der Waals surface area contributed by atoms with E-state index in [1.165, 1.54) is 38.5 Å². The van der Waals surface area contributed by atoms with Crippen LogP contribution in [0.1, 0.15) is 72.1 Å². The van der Waals surface area contributed by atoms with Gasteiger partial charge in [0.05, 0.1) is 0 Å². The fourth-order valence-corrected chi connectivity index (χ4v) is 10.9. The first-order valence-electron chi connectivity index (χ1n) is 7.18. The zero-order valence-electron chi connectivity index (χ0n) is 11.7. The Bertz CT molecular complexity index is 107. The average molecular weight is 337 g/mol. The second-order valence-electron chi connectivity index (χ2n) is 4.77. The molecule has 0 N–H and O–H groups in total. The molecule has 0 spiro atoms. The summed E-state index contributed by atoms with van der Waals surface area (Å²) in [6.07, 6.45) is 11.9. The van der Waals surface area contributed by atoms with Crippen molar-refractivity contribution in [3.8, 4) is 0 Å². The van der Waals surface area contributed by atoms with Gasteiger partial charge in [-0.1, -0.05) is 0 Å². The molecule has 0 aromatic heterocycles. The first-order chi connectivity index (χ1) is 7.35. The zero-order chi connectivity index (χ0) is 11.4. The van der Waals surface area contributed by atoms with E-state index in [0.29, 0.717) is 0 Å². The summed E-state index contributed by atoms with van der Waals surface area (Å²) in [5, 5.41) is 0. The van der Waals surface area contributed by atoms with E-state index in [-0.39, 0.29) is 4.70 Å². The van der Waals surface area contributed by atoms with Crippen molar-refractivity contribution < 1.29 is 4.70 Å². The van der Waals surface area contributed by atoms with Crippen LogP contribution in [-0.4, -0.2) is 19.8 Å². The van der Waals surface area contributed by atoms with Crippen molar-refractivity contribution in [2.45, 2.75) is 85.4 Å². The van der Waals surface area contributed by atoms with Gasteiger partial charge in [0.25, 0.3) is 0 Å². The van der Waals surface area contributed by atoms with Crippen LogP contribution in [0.15, 0.2) is 0 Å². The molecule has 0 aliphatic heterocycles. The summed E-state index contributed by atoms with van der Waals surface area (Å²) in [6.45, 7) is 7.00. The predicted octanol–water partition coefficient (Wildman–Crippen LogP) is 2.67. The Balaban J connectivity index is 0. The Labute approximate surface area is 110 Å². The largest absolute Gasteiger partial charge is 1.00 e. The van der Waals surface area contributed by atoms with Gasteiger partial charge in [-0.15, -0.1) is 0 Å². The molecule has 2 heteroatoms. The van der Waals surface area contributed by atoms with Crippen molar-refractivity contribution in [2.24, 2.45) is 0 Å². The van der Waals surface area contributed by atoms with Crippen molar-refractivity contribution in [1.82, 2.24) is 0 Å². The molecule has 0 radical (unpaired) electrons. The van der Waals surface area contributed by atoms with E-state index in [1.54, 1.807) is 26.2 Å². The fourth-order valence-electron chi connectivity index (χ4n) is 2.05.